The van der Waals surface area contributed by atoms with Crippen molar-refractivity contribution >= 4 is 17.9 Å². The van der Waals surface area contributed by atoms with E-state index in [1.165, 1.54) is 4.90 Å². The van der Waals surface area contributed by atoms with Crippen LogP contribution in [0.5, 0.6) is 11.5 Å². The first-order chi connectivity index (χ1) is 17.3. The Bertz CT molecular complexity index is 1130. The van der Waals surface area contributed by atoms with Crippen LogP contribution in [0.3, 0.4) is 0 Å². The van der Waals surface area contributed by atoms with Crippen LogP contribution in [-0.2, 0) is 16.1 Å². The minimum Gasteiger partial charge on any atom is -0.481 e. The molecule has 36 heavy (non-hydrogen) atoms. The van der Waals surface area contributed by atoms with Crippen LogP contribution < -0.4 is 20.1 Å². The summed E-state index contributed by atoms with van der Waals surface area (Å²) < 4.78 is 10.7. The van der Waals surface area contributed by atoms with E-state index in [0.717, 1.165) is 18.4 Å². The fourth-order valence-corrected chi connectivity index (χ4v) is 3.88. The van der Waals surface area contributed by atoms with Gasteiger partial charge < -0.3 is 30.1 Å². The van der Waals surface area contributed by atoms with Crippen LogP contribution in [0.15, 0.2) is 42.5 Å². The van der Waals surface area contributed by atoms with E-state index in [4.69, 9.17) is 14.7 Å². The molecular formula is C26H30N4O6. The highest BCUT2D eigenvalue weighted by Gasteiger charge is 2.26. The molecule has 0 aliphatic carbocycles. The topological polar surface area (TPSA) is 141 Å². The van der Waals surface area contributed by atoms with Crippen LogP contribution in [0.2, 0.25) is 0 Å². The Balaban J connectivity index is 1.68. The molecule has 1 aliphatic heterocycles. The number of nitriles is 1. The molecule has 10 heteroatoms. The monoisotopic (exact) mass is 494 g/mol. The molecule has 0 spiro atoms. The maximum atomic E-state index is 13.2. The Morgan fingerprint density at radius 2 is 1.83 bits per heavy atom. The molecule has 3 amide bonds. The summed E-state index contributed by atoms with van der Waals surface area (Å²) in [7, 11) is 1.65. The number of carboxylic acid groups (broad SMARTS) is 1. The maximum absolute atomic E-state index is 13.2. The molecule has 0 aromatic heterocycles. The zero-order valence-electron chi connectivity index (χ0n) is 20.3. The van der Waals surface area contributed by atoms with Crippen LogP contribution in [-0.4, -0.2) is 47.8 Å². The van der Waals surface area contributed by atoms with Crippen LogP contribution in [0.4, 0.5) is 4.79 Å². The lowest BCUT2D eigenvalue weighted by molar-refractivity contribution is -0.137. The van der Waals surface area contributed by atoms with E-state index in [0.29, 0.717) is 35.6 Å². The average molecular weight is 495 g/mol. The van der Waals surface area contributed by atoms with Crippen molar-refractivity contribution in [3.63, 3.8) is 0 Å². The molecular weight excluding hydrogens is 464 g/mol. The molecule has 0 unspecified atom stereocenters. The van der Waals surface area contributed by atoms with E-state index < -0.39 is 24.1 Å². The number of carbonyl (C=O) groups is 3. The number of nitrogens with zero attached hydrogens (tertiary/aromatic N) is 2. The third kappa shape index (κ3) is 7.12. The Hall–Kier alpha value is -4.26. The van der Waals surface area contributed by atoms with Crippen LogP contribution in [0.25, 0.3) is 0 Å². The van der Waals surface area contributed by atoms with Gasteiger partial charge in [0.1, 0.15) is 6.04 Å². The van der Waals surface area contributed by atoms with Gasteiger partial charge >= 0.3 is 12.0 Å². The zero-order valence-corrected chi connectivity index (χ0v) is 20.3. The van der Waals surface area contributed by atoms with Gasteiger partial charge in [0, 0.05) is 13.6 Å². The highest BCUT2D eigenvalue weighted by Crippen LogP contribution is 2.34. The molecule has 3 N–H and O–H groups in total. The normalized spacial score (nSPS) is 13.2. The SMILES string of the molecule is CCCC[C@H](NC(=O)N[C@@H](CC(=O)O)c1ccc2c(c1)OCO2)C(=O)N(C)Cc1ccc(C#N)cc1. The number of urea groups is 1. The second-order valence-electron chi connectivity index (χ2n) is 8.58. The Morgan fingerprint density at radius 1 is 1.11 bits per heavy atom. The maximum Gasteiger partial charge on any atom is 0.315 e. The predicted molar refractivity (Wildman–Crippen MR) is 130 cm³/mol. The lowest BCUT2D eigenvalue weighted by Crippen LogP contribution is -2.51. The number of fused-ring (bicyclic) bond motifs is 1. The van der Waals surface area contributed by atoms with Crippen molar-refractivity contribution in [2.75, 3.05) is 13.8 Å². The summed E-state index contributed by atoms with van der Waals surface area (Å²) in [6.07, 6.45) is 1.65. The van der Waals surface area contributed by atoms with Gasteiger partial charge in [-0.2, -0.15) is 5.26 Å². The molecule has 190 valence electrons. The number of rotatable bonds is 11. The summed E-state index contributed by atoms with van der Waals surface area (Å²) in [6.45, 7) is 2.38. The first-order valence-corrected chi connectivity index (χ1v) is 11.7. The van der Waals surface area contributed by atoms with Crippen LogP contribution in [0, 0.1) is 11.3 Å². The second-order valence-corrected chi connectivity index (χ2v) is 8.58. The van der Waals surface area contributed by atoms with Crippen molar-refractivity contribution in [3.8, 4) is 17.6 Å². The van der Waals surface area contributed by atoms with Gasteiger partial charge in [0.25, 0.3) is 0 Å². The number of unbranched alkanes of at least 4 members (excludes halogenated alkanes) is 1. The molecule has 0 saturated heterocycles. The molecule has 2 aromatic carbocycles. The Labute approximate surface area is 209 Å². The number of nitrogens with one attached hydrogen (secondary N) is 2. The van der Waals surface area contributed by atoms with Crippen molar-refractivity contribution < 1.29 is 29.0 Å². The molecule has 2 atom stereocenters. The summed E-state index contributed by atoms with van der Waals surface area (Å²) in [4.78, 5) is 39.1. The average Bonchev–Trinajstić information content (AvgIpc) is 3.34. The highest BCUT2D eigenvalue weighted by atomic mass is 16.7. The number of aliphatic carboxylic acids is 1. The summed E-state index contributed by atoms with van der Waals surface area (Å²) in [6, 6.07) is 11.7. The molecule has 2 aromatic rings. The Morgan fingerprint density at radius 3 is 2.50 bits per heavy atom. The van der Waals surface area contributed by atoms with Crippen LogP contribution in [0.1, 0.15) is 55.3 Å². The van der Waals surface area contributed by atoms with E-state index in [1.807, 2.05) is 6.92 Å². The zero-order chi connectivity index (χ0) is 26.1. The predicted octanol–water partition coefficient (Wildman–Crippen LogP) is 3.32. The van der Waals surface area contributed by atoms with Gasteiger partial charge in [-0.3, -0.25) is 9.59 Å². The smallest absolute Gasteiger partial charge is 0.315 e. The molecule has 1 aliphatic rings. The third-order valence-electron chi connectivity index (χ3n) is 5.81. The van der Waals surface area contributed by atoms with E-state index in [9.17, 15) is 19.5 Å². The van der Waals surface area contributed by atoms with Crippen molar-refractivity contribution in [3.05, 3.63) is 59.2 Å². The summed E-state index contributed by atoms with van der Waals surface area (Å²) >= 11 is 0. The molecule has 10 nitrogen and oxygen atoms in total. The van der Waals surface area contributed by atoms with Crippen molar-refractivity contribution in [2.45, 2.75) is 51.2 Å². The Kier molecular flexibility index (Phi) is 9.11. The highest BCUT2D eigenvalue weighted by molar-refractivity contribution is 5.87. The number of carbonyl (C=O) groups excluding carboxylic acids is 2. The summed E-state index contributed by atoms with van der Waals surface area (Å²) in [5.41, 5.74) is 1.93. The first-order valence-electron chi connectivity index (χ1n) is 11.7. The number of carboxylic acids is 1. The summed E-state index contributed by atoms with van der Waals surface area (Å²) in [5.74, 6) is -0.321. The molecule has 0 fully saturated rings. The van der Waals surface area contributed by atoms with E-state index in [1.54, 1.807) is 49.5 Å². The first kappa shape index (κ1) is 26.3. The van der Waals surface area contributed by atoms with Crippen molar-refractivity contribution in [2.24, 2.45) is 0 Å². The third-order valence-corrected chi connectivity index (χ3v) is 5.81. The minimum absolute atomic E-state index is 0.0769. The number of hydrogen-bond acceptors (Lipinski definition) is 6. The fraction of sp³-hybridized carbons (Fsp3) is 0.385. The van der Waals surface area contributed by atoms with E-state index >= 15 is 0 Å². The number of amides is 3. The molecule has 1 heterocycles. The summed E-state index contributed by atoms with van der Waals surface area (Å²) in [5, 5.41) is 23.8. The van der Waals surface area contributed by atoms with Gasteiger partial charge in [-0.15, -0.1) is 0 Å². The molecule has 3 rings (SSSR count). The van der Waals surface area contributed by atoms with E-state index in [2.05, 4.69) is 16.7 Å². The minimum atomic E-state index is -1.08. The molecule has 0 bridgehead atoms. The lowest BCUT2D eigenvalue weighted by atomic mass is 10.0. The van der Waals surface area contributed by atoms with Gasteiger partial charge in [0.05, 0.1) is 24.1 Å². The number of benzene rings is 2. The van der Waals surface area contributed by atoms with Gasteiger partial charge in [-0.05, 0) is 41.8 Å². The fourth-order valence-electron chi connectivity index (χ4n) is 3.88. The lowest BCUT2D eigenvalue weighted by Gasteiger charge is -2.26. The van der Waals surface area contributed by atoms with Crippen molar-refractivity contribution in [1.82, 2.24) is 15.5 Å². The van der Waals surface area contributed by atoms with E-state index in [-0.39, 0.29) is 19.1 Å². The number of hydrogen-bond donors (Lipinski definition) is 3. The quantitative estimate of drug-likeness (QED) is 0.435. The standard InChI is InChI=1S/C26H30N4O6/c1-3-4-5-20(25(33)30(2)15-18-8-6-17(14-27)7-9-18)28-26(34)29-21(13-24(31)32)19-10-11-22-23(12-19)36-16-35-22/h6-12,20-21H,3-5,13,15-16H2,1-2H3,(H,31,32)(H2,28,29,34)/t20-,21-/m0/s1. The second kappa shape index (κ2) is 12.4. The number of likely N-dealkylation sites (N-methyl/N-ethyl adjacent to an activating group) is 1. The number of ether oxygens (including phenoxy) is 2. The van der Waals surface area contributed by atoms with Gasteiger partial charge in [0.15, 0.2) is 11.5 Å². The van der Waals surface area contributed by atoms with Gasteiger partial charge in [-0.1, -0.05) is 38.0 Å². The van der Waals surface area contributed by atoms with Gasteiger partial charge in [-0.25, -0.2) is 4.79 Å². The largest absolute Gasteiger partial charge is 0.481 e. The van der Waals surface area contributed by atoms with Crippen LogP contribution >= 0.6 is 0 Å². The molecule has 0 radical (unpaired) electrons. The van der Waals surface area contributed by atoms with Crippen molar-refractivity contribution in [1.29, 1.82) is 5.26 Å². The van der Waals surface area contributed by atoms with Gasteiger partial charge in [0.2, 0.25) is 12.7 Å². The molecule has 0 saturated carbocycles.